The lowest BCUT2D eigenvalue weighted by atomic mass is 9.88. The fourth-order valence-corrected chi connectivity index (χ4v) is 6.10. The van der Waals surface area contributed by atoms with Crippen molar-refractivity contribution in [1.82, 2.24) is 24.7 Å². The fraction of sp³-hybridized carbons (Fsp3) is 0.275. The van der Waals surface area contributed by atoms with Crippen LogP contribution in [0.25, 0.3) is 22.2 Å². The van der Waals surface area contributed by atoms with E-state index in [1.54, 1.807) is 28.2 Å². The molecule has 50 heavy (non-hydrogen) atoms. The molecule has 0 spiro atoms. The average molecular weight is 670 g/mol. The summed E-state index contributed by atoms with van der Waals surface area (Å²) in [5.41, 5.74) is 6.43. The number of nitrogens with one attached hydrogen (secondary N) is 2. The molecular weight excluding hydrogens is 626 g/mol. The molecule has 0 unspecified atom stereocenters. The van der Waals surface area contributed by atoms with Crippen LogP contribution < -0.4 is 20.5 Å². The minimum atomic E-state index is -0.363. The van der Waals surface area contributed by atoms with Crippen LogP contribution in [0.4, 0.5) is 16.2 Å². The Balaban J connectivity index is 1.31. The molecule has 0 aliphatic carbocycles. The smallest absolute Gasteiger partial charge is 0.326 e. The van der Waals surface area contributed by atoms with E-state index in [4.69, 9.17) is 4.74 Å². The number of carbonyl (C=O) groups excluding carboxylic acids is 1. The van der Waals surface area contributed by atoms with E-state index in [0.717, 1.165) is 45.5 Å². The number of pyridine rings is 2. The maximum Gasteiger partial charge on any atom is 0.326 e. The Morgan fingerprint density at radius 1 is 0.920 bits per heavy atom. The van der Waals surface area contributed by atoms with Gasteiger partial charge in [-0.1, -0.05) is 70.2 Å². The van der Waals surface area contributed by atoms with Gasteiger partial charge in [-0.2, -0.15) is 5.10 Å². The van der Waals surface area contributed by atoms with Crippen LogP contribution in [0, 0.1) is 0 Å². The molecular formula is C40H43N7O3. The largest absolute Gasteiger partial charge is 0.492 e. The van der Waals surface area contributed by atoms with Crippen LogP contribution >= 0.6 is 0 Å². The van der Waals surface area contributed by atoms with E-state index in [2.05, 4.69) is 83.4 Å². The van der Waals surface area contributed by atoms with Crippen LogP contribution in [-0.4, -0.2) is 43.9 Å². The molecule has 0 atom stereocenters. The van der Waals surface area contributed by atoms with Crippen molar-refractivity contribution in [2.75, 3.05) is 23.4 Å². The van der Waals surface area contributed by atoms with Gasteiger partial charge in [0.15, 0.2) is 0 Å². The Morgan fingerprint density at radius 3 is 2.42 bits per heavy atom. The first-order valence-corrected chi connectivity index (χ1v) is 17.1. The number of hydrogen-bond donors (Lipinski definition) is 2. The molecule has 0 aliphatic rings. The Kier molecular flexibility index (Phi) is 10.7. The van der Waals surface area contributed by atoms with Crippen molar-refractivity contribution in [3.05, 3.63) is 131 Å². The van der Waals surface area contributed by atoms with E-state index < -0.39 is 0 Å². The first-order valence-electron chi connectivity index (χ1n) is 17.1. The van der Waals surface area contributed by atoms with Gasteiger partial charge in [-0.3, -0.25) is 9.69 Å². The van der Waals surface area contributed by atoms with Crippen LogP contribution in [-0.2, 0) is 13.0 Å². The maximum absolute atomic E-state index is 14.4. The number of nitrogens with zero attached hydrogens (tertiary/aromatic N) is 5. The summed E-state index contributed by atoms with van der Waals surface area (Å²) in [6.45, 7) is 9.92. The Bertz CT molecular complexity index is 2080. The van der Waals surface area contributed by atoms with E-state index in [-0.39, 0.29) is 29.1 Å². The summed E-state index contributed by atoms with van der Waals surface area (Å²) in [5, 5.41) is 8.17. The predicted octanol–water partition coefficient (Wildman–Crippen LogP) is 8.18. The van der Waals surface area contributed by atoms with Crippen molar-refractivity contribution in [3.8, 4) is 16.9 Å². The molecule has 3 aromatic heterocycles. The number of ether oxygens (including phenoxy) is 1. The summed E-state index contributed by atoms with van der Waals surface area (Å²) in [7, 11) is 0. The molecule has 0 fully saturated rings. The highest BCUT2D eigenvalue weighted by atomic mass is 16.5. The lowest BCUT2D eigenvalue weighted by molar-refractivity contribution is 0.256. The third-order valence-corrected chi connectivity index (χ3v) is 8.72. The highest BCUT2D eigenvalue weighted by Gasteiger charge is 2.24. The van der Waals surface area contributed by atoms with E-state index in [1.807, 2.05) is 48.5 Å². The zero-order valence-corrected chi connectivity index (χ0v) is 29.0. The van der Waals surface area contributed by atoms with Crippen molar-refractivity contribution in [2.45, 2.75) is 58.9 Å². The molecule has 2 amide bonds. The standard InChI is InChI=1S/C40H43N7O3/c1-27(2)34-22-32(30-14-8-16-33(21-30)50-20-19-46-26-41-25-43-46)23-35(28(3)4)37(34)44-40(49)47(18-10-13-29-11-6-5-7-12-29)36-24-31-15-9-17-42-38(31)45-39(36)48/h5-9,11-12,14-17,21-28H,10,13,18-20H2,1-4H3,(H,44,49)(H,42,45,48). The Hall–Kier alpha value is -5.77. The summed E-state index contributed by atoms with van der Waals surface area (Å²) < 4.78 is 7.79. The lowest BCUT2D eigenvalue weighted by Crippen LogP contribution is -2.39. The van der Waals surface area contributed by atoms with Gasteiger partial charge >= 0.3 is 6.03 Å². The highest BCUT2D eigenvalue weighted by molar-refractivity contribution is 6.03. The van der Waals surface area contributed by atoms with Gasteiger partial charge in [0.1, 0.15) is 36.3 Å². The van der Waals surface area contributed by atoms with Crippen molar-refractivity contribution >= 4 is 28.4 Å². The van der Waals surface area contributed by atoms with Crippen molar-refractivity contribution < 1.29 is 9.53 Å². The second-order valence-corrected chi connectivity index (χ2v) is 13.0. The number of anilines is 2. The molecule has 0 saturated carbocycles. The Morgan fingerprint density at radius 2 is 1.70 bits per heavy atom. The lowest BCUT2D eigenvalue weighted by Gasteiger charge is -2.27. The van der Waals surface area contributed by atoms with Crippen LogP contribution in [0.3, 0.4) is 0 Å². The molecule has 10 nitrogen and oxygen atoms in total. The summed E-state index contributed by atoms with van der Waals surface area (Å²) in [5.74, 6) is 0.970. The second kappa shape index (κ2) is 15.6. The van der Waals surface area contributed by atoms with Crippen LogP contribution in [0.15, 0.2) is 109 Å². The van der Waals surface area contributed by atoms with E-state index >= 15 is 0 Å². The van der Waals surface area contributed by atoms with Gasteiger partial charge in [0.25, 0.3) is 5.56 Å². The number of aromatic nitrogens is 5. The minimum absolute atomic E-state index is 0.103. The van der Waals surface area contributed by atoms with E-state index in [0.29, 0.717) is 31.8 Å². The molecule has 10 heteroatoms. The predicted molar refractivity (Wildman–Crippen MR) is 199 cm³/mol. The van der Waals surface area contributed by atoms with Crippen LogP contribution in [0.2, 0.25) is 0 Å². The zero-order valence-electron chi connectivity index (χ0n) is 29.0. The van der Waals surface area contributed by atoms with Crippen molar-refractivity contribution in [3.63, 3.8) is 0 Å². The van der Waals surface area contributed by atoms with Gasteiger partial charge in [-0.05, 0) is 95.0 Å². The first kappa shape index (κ1) is 34.1. The summed E-state index contributed by atoms with van der Waals surface area (Å²) in [6, 6.07) is 27.6. The molecule has 0 saturated heterocycles. The number of carbonyl (C=O) groups is 1. The zero-order chi connectivity index (χ0) is 35.0. The quantitative estimate of drug-likeness (QED) is 0.128. The third kappa shape index (κ3) is 8.08. The van der Waals surface area contributed by atoms with Crippen LogP contribution in [0.5, 0.6) is 5.75 Å². The number of amides is 2. The van der Waals surface area contributed by atoms with Crippen molar-refractivity contribution in [1.29, 1.82) is 0 Å². The monoisotopic (exact) mass is 669 g/mol. The maximum atomic E-state index is 14.4. The van der Waals surface area contributed by atoms with Crippen LogP contribution in [0.1, 0.15) is 62.6 Å². The third-order valence-electron chi connectivity index (χ3n) is 8.72. The molecule has 2 N–H and O–H groups in total. The molecule has 6 rings (SSSR count). The van der Waals surface area contributed by atoms with Gasteiger partial charge in [0.2, 0.25) is 0 Å². The number of aryl methyl sites for hydroxylation is 1. The van der Waals surface area contributed by atoms with Gasteiger partial charge in [-0.25, -0.2) is 19.4 Å². The number of fused-ring (bicyclic) bond motifs is 1. The fourth-order valence-electron chi connectivity index (χ4n) is 6.10. The molecule has 0 radical (unpaired) electrons. The summed E-state index contributed by atoms with van der Waals surface area (Å²) in [4.78, 5) is 40.5. The number of benzene rings is 3. The van der Waals surface area contributed by atoms with Gasteiger partial charge in [0.05, 0.1) is 6.54 Å². The summed E-state index contributed by atoms with van der Waals surface area (Å²) in [6.07, 6.45) is 6.26. The average Bonchev–Trinajstić information content (AvgIpc) is 3.64. The molecule has 0 bridgehead atoms. The van der Waals surface area contributed by atoms with E-state index in [9.17, 15) is 9.59 Å². The van der Waals surface area contributed by atoms with Gasteiger partial charge < -0.3 is 15.0 Å². The summed E-state index contributed by atoms with van der Waals surface area (Å²) >= 11 is 0. The first-order chi connectivity index (χ1) is 24.3. The number of rotatable bonds is 13. The van der Waals surface area contributed by atoms with Crippen molar-refractivity contribution in [2.24, 2.45) is 0 Å². The minimum Gasteiger partial charge on any atom is -0.492 e. The molecule has 3 heterocycles. The number of H-pyrrole nitrogens is 1. The molecule has 0 aliphatic heterocycles. The van der Waals surface area contributed by atoms with Gasteiger partial charge in [-0.15, -0.1) is 0 Å². The number of hydrogen-bond acceptors (Lipinski definition) is 6. The SMILES string of the molecule is CC(C)c1cc(-c2cccc(OCCn3cncn3)c2)cc(C(C)C)c1NC(=O)N(CCCc1ccccc1)c1cc2cccnc2[nH]c1=O. The Labute approximate surface area is 292 Å². The number of aromatic amines is 1. The topological polar surface area (TPSA) is 118 Å². The normalized spacial score (nSPS) is 11.3. The second-order valence-electron chi connectivity index (χ2n) is 13.0. The van der Waals surface area contributed by atoms with Gasteiger partial charge in [0, 0.05) is 23.8 Å². The molecule has 6 aromatic rings. The highest BCUT2D eigenvalue weighted by Crippen LogP contribution is 2.38. The number of urea groups is 1. The van der Waals surface area contributed by atoms with E-state index in [1.165, 1.54) is 11.9 Å². The molecule has 256 valence electrons. The molecule has 3 aromatic carbocycles.